The highest BCUT2D eigenvalue weighted by Crippen LogP contribution is 2.34. The summed E-state index contributed by atoms with van der Waals surface area (Å²) in [6.45, 7) is 2.06. The van der Waals surface area contributed by atoms with Crippen molar-refractivity contribution in [1.82, 2.24) is 24.5 Å². The maximum Gasteiger partial charge on any atom is 0.358 e. The van der Waals surface area contributed by atoms with Crippen LogP contribution in [-0.4, -0.2) is 44.2 Å². The van der Waals surface area contributed by atoms with Crippen molar-refractivity contribution in [1.29, 1.82) is 0 Å². The molecule has 2 aromatic carbocycles. The lowest BCUT2D eigenvalue weighted by Gasteiger charge is -2.11. The Hall–Kier alpha value is -3.94. The molecule has 30 heavy (non-hydrogen) atoms. The van der Waals surface area contributed by atoms with Crippen LogP contribution in [0.3, 0.4) is 0 Å². The Morgan fingerprint density at radius 2 is 1.93 bits per heavy atom. The Morgan fingerprint density at radius 3 is 2.70 bits per heavy atom. The summed E-state index contributed by atoms with van der Waals surface area (Å²) in [6, 6.07) is 15.6. The van der Waals surface area contributed by atoms with Gasteiger partial charge in [0.15, 0.2) is 5.69 Å². The normalized spacial score (nSPS) is 11.8. The zero-order valence-corrected chi connectivity index (χ0v) is 16.6. The van der Waals surface area contributed by atoms with Crippen molar-refractivity contribution in [3.63, 3.8) is 0 Å². The molecule has 2 aromatic heterocycles. The van der Waals surface area contributed by atoms with Gasteiger partial charge in [0.2, 0.25) is 0 Å². The van der Waals surface area contributed by atoms with Crippen molar-refractivity contribution in [2.45, 2.75) is 13.3 Å². The summed E-state index contributed by atoms with van der Waals surface area (Å²) in [5.41, 5.74) is 5.23. The fourth-order valence-corrected chi connectivity index (χ4v) is 3.76. The lowest BCUT2D eigenvalue weighted by atomic mass is 10.1. The van der Waals surface area contributed by atoms with E-state index in [1.165, 1.54) is 0 Å². The van der Waals surface area contributed by atoms with Crippen molar-refractivity contribution < 1.29 is 14.3 Å². The summed E-state index contributed by atoms with van der Waals surface area (Å²) >= 11 is 0. The number of nitrogens with zero attached hydrogens (tertiary/aromatic N) is 5. The van der Waals surface area contributed by atoms with Gasteiger partial charge in [0.25, 0.3) is 0 Å². The number of benzene rings is 2. The van der Waals surface area contributed by atoms with E-state index >= 15 is 0 Å². The molecule has 150 valence electrons. The molecule has 3 heterocycles. The topological polar surface area (TPSA) is 84.1 Å². The fraction of sp³-hybridized carbons (Fsp3) is 0.182. The Labute approximate surface area is 172 Å². The van der Waals surface area contributed by atoms with E-state index in [9.17, 15) is 4.79 Å². The van der Waals surface area contributed by atoms with Crippen LogP contribution >= 0.6 is 0 Å². The molecule has 0 saturated carbocycles. The molecular formula is C22H19N5O3. The zero-order valence-electron chi connectivity index (χ0n) is 16.6. The molecule has 0 radical (unpaired) electrons. The van der Waals surface area contributed by atoms with Gasteiger partial charge >= 0.3 is 5.97 Å². The van der Waals surface area contributed by atoms with Crippen molar-refractivity contribution >= 4 is 5.97 Å². The summed E-state index contributed by atoms with van der Waals surface area (Å²) in [4.78, 5) is 16.9. The molecule has 8 heteroatoms. The molecule has 0 unspecified atom stereocenters. The average Bonchev–Trinajstić information content (AvgIpc) is 3.36. The second-order valence-corrected chi connectivity index (χ2v) is 6.82. The Morgan fingerprint density at radius 1 is 1.10 bits per heavy atom. The summed E-state index contributed by atoms with van der Waals surface area (Å²) in [7, 11) is 1.62. The highest BCUT2D eigenvalue weighted by molar-refractivity contribution is 5.89. The molecule has 0 atom stereocenters. The third-order valence-electron chi connectivity index (χ3n) is 5.15. The van der Waals surface area contributed by atoms with Gasteiger partial charge in [-0.1, -0.05) is 35.5 Å². The predicted octanol–water partition coefficient (Wildman–Crippen LogP) is 3.21. The molecule has 1 aliphatic rings. The monoisotopic (exact) mass is 401 g/mol. The van der Waals surface area contributed by atoms with E-state index < -0.39 is 5.97 Å². The van der Waals surface area contributed by atoms with E-state index in [1.807, 2.05) is 57.8 Å². The Balaban J connectivity index is 1.78. The van der Waals surface area contributed by atoms with E-state index in [-0.39, 0.29) is 6.61 Å². The Kier molecular flexibility index (Phi) is 4.31. The number of hydrogen-bond donors (Lipinski definition) is 0. The molecule has 5 rings (SSSR count). The summed E-state index contributed by atoms with van der Waals surface area (Å²) < 4.78 is 14.4. The molecule has 0 amide bonds. The highest BCUT2D eigenvalue weighted by atomic mass is 16.5. The number of fused-ring (bicyclic) bond motifs is 5. The smallest absolute Gasteiger partial charge is 0.358 e. The van der Waals surface area contributed by atoms with Gasteiger partial charge < -0.3 is 9.47 Å². The van der Waals surface area contributed by atoms with Crippen LogP contribution in [0.4, 0.5) is 0 Å². The number of esters is 1. The molecule has 0 fully saturated rings. The van der Waals surface area contributed by atoms with E-state index in [0.717, 1.165) is 34.0 Å². The third-order valence-corrected chi connectivity index (χ3v) is 5.15. The number of methoxy groups -OCH3 is 1. The molecule has 8 nitrogen and oxygen atoms in total. The van der Waals surface area contributed by atoms with E-state index in [2.05, 4.69) is 15.3 Å². The van der Waals surface area contributed by atoms with Crippen LogP contribution in [0.25, 0.3) is 22.6 Å². The van der Waals surface area contributed by atoms with Crippen LogP contribution in [0.15, 0.2) is 54.9 Å². The van der Waals surface area contributed by atoms with Crippen molar-refractivity contribution in [3.8, 4) is 28.4 Å². The zero-order chi connectivity index (χ0) is 20.7. The maximum absolute atomic E-state index is 12.6. The van der Waals surface area contributed by atoms with Crippen LogP contribution < -0.4 is 4.74 Å². The lowest BCUT2D eigenvalue weighted by Crippen LogP contribution is -2.10. The minimum atomic E-state index is -0.441. The first-order chi connectivity index (χ1) is 14.7. The van der Waals surface area contributed by atoms with Gasteiger partial charge in [-0.05, 0) is 19.1 Å². The molecule has 0 N–H and O–H groups in total. The van der Waals surface area contributed by atoms with Gasteiger partial charge in [0.1, 0.15) is 17.8 Å². The number of hydrogen-bond acceptors (Lipinski definition) is 6. The van der Waals surface area contributed by atoms with E-state index in [1.54, 1.807) is 20.4 Å². The van der Waals surface area contributed by atoms with Crippen molar-refractivity contribution in [2.24, 2.45) is 0 Å². The maximum atomic E-state index is 12.6. The predicted molar refractivity (Wildman–Crippen MR) is 109 cm³/mol. The molecule has 0 spiro atoms. The van der Waals surface area contributed by atoms with E-state index in [0.29, 0.717) is 17.9 Å². The lowest BCUT2D eigenvalue weighted by molar-refractivity contribution is 0.0519. The summed E-state index contributed by atoms with van der Waals surface area (Å²) in [5.74, 6) is 0.258. The van der Waals surface area contributed by atoms with Crippen LogP contribution in [0.5, 0.6) is 5.75 Å². The molecule has 0 aliphatic carbocycles. The third kappa shape index (κ3) is 2.76. The second kappa shape index (κ2) is 7.14. The number of imidazole rings is 1. The number of aromatic nitrogens is 5. The average molecular weight is 401 g/mol. The van der Waals surface area contributed by atoms with Crippen LogP contribution in [0.2, 0.25) is 0 Å². The van der Waals surface area contributed by atoms with Crippen molar-refractivity contribution in [3.05, 3.63) is 71.9 Å². The minimum absolute atomic E-state index is 0.285. The van der Waals surface area contributed by atoms with Gasteiger partial charge in [-0.25, -0.2) is 14.5 Å². The number of carbonyl (C=O) groups excluding carboxylic acids is 1. The van der Waals surface area contributed by atoms with E-state index in [4.69, 9.17) is 9.47 Å². The van der Waals surface area contributed by atoms with Crippen molar-refractivity contribution in [2.75, 3.05) is 13.7 Å². The van der Waals surface area contributed by atoms with Gasteiger partial charge in [-0.3, -0.25) is 4.57 Å². The summed E-state index contributed by atoms with van der Waals surface area (Å²) in [6.07, 6.45) is 2.07. The molecule has 0 saturated heterocycles. The molecule has 1 aliphatic heterocycles. The molecule has 4 aromatic rings. The minimum Gasteiger partial charge on any atom is -0.497 e. The van der Waals surface area contributed by atoms with Crippen LogP contribution in [0.1, 0.15) is 28.8 Å². The van der Waals surface area contributed by atoms with Crippen LogP contribution in [0, 0.1) is 0 Å². The number of carbonyl (C=O) groups is 1. The standard InChI is InChI=1S/C22H19N5O3/c1-3-30-22(28)21-18-12-19-20(14-7-5-4-6-8-14)24-25-27(19)17-11-15(29-2)9-10-16(17)26(18)13-23-21/h4-11,13H,3,12H2,1-2H3. The van der Waals surface area contributed by atoms with Gasteiger partial charge in [-0.2, -0.15) is 0 Å². The SMILES string of the molecule is CCOC(=O)c1ncn2c1Cc1c(-c3ccccc3)nnn1-c1cc(OC)ccc1-2. The van der Waals surface area contributed by atoms with Gasteiger partial charge in [0.05, 0.1) is 36.5 Å². The largest absolute Gasteiger partial charge is 0.497 e. The quantitative estimate of drug-likeness (QED) is 0.430. The molecular weight excluding hydrogens is 382 g/mol. The number of ether oxygens (including phenoxy) is 2. The number of rotatable bonds is 4. The highest BCUT2D eigenvalue weighted by Gasteiger charge is 2.29. The van der Waals surface area contributed by atoms with Gasteiger partial charge in [-0.15, -0.1) is 5.10 Å². The molecule has 0 bridgehead atoms. The first kappa shape index (κ1) is 18.1. The summed E-state index contributed by atoms with van der Waals surface area (Å²) in [5, 5.41) is 8.90. The van der Waals surface area contributed by atoms with Gasteiger partial charge in [0, 0.05) is 18.1 Å². The van der Waals surface area contributed by atoms with Crippen LogP contribution in [-0.2, 0) is 11.2 Å². The second-order valence-electron chi connectivity index (χ2n) is 6.82. The fourth-order valence-electron chi connectivity index (χ4n) is 3.76. The Bertz CT molecular complexity index is 1240. The first-order valence-corrected chi connectivity index (χ1v) is 9.63. The first-order valence-electron chi connectivity index (χ1n) is 9.63.